The molecule has 0 aliphatic carbocycles. The summed E-state index contributed by atoms with van der Waals surface area (Å²) in [6.07, 6.45) is -4.70. The van der Waals surface area contributed by atoms with Gasteiger partial charge in [0.2, 0.25) is 11.5 Å². The van der Waals surface area contributed by atoms with Gasteiger partial charge >= 0.3 is 12.1 Å². The highest BCUT2D eigenvalue weighted by Gasteiger charge is 2.33. The molecule has 0 radical (unpaired) electrons. The van der Waals surface area contributed by atoms with Crippen LogP contribution in [0.1, 0.15) is 23.2 Å². The Morgan fingerprint density at radius 3 is 2.68 bits per heavy atom. The number of furan rings is 1. The Bertz CT molecular complexity index is 683. The number of aromatic amines is 1. The van der Waals surface area contributed by atoms with Crippen LogP contribution >= 0.6 is 0 Å². The van der Waals surface area contributed by atoms with Crippen molar-refractivity contribution < 1.29 is 27.1 Å². The van der Waals surface area contributed by atoms with Gasteiger partial charge in [-0.3, -0.25) is 4.79 Å². The van der Waals surface area contributed by atoms with Crippen molar-refractivity contribution >= 4 is 17.1 Å². The summed E-state index contributed by atoms with van der Waals surface area (Å²) in [5, 5.41) is -0.143. The molecule has 0 aromatic carbocycles. The van der Waals surface area contributed by atoms with Gasteiger partial charge in [0.05, 0.1) is 12.0 Å². The van der Waals surface area contributed by atoms with E-state index in [0.717, 1.165) is 6.07 Å². The van der Waals surface area contributed by atoms with Gasteiger partial charge < -0.3 is 14.1 Å². The molecule has 0 unspecified atom stereocenters. The number of alkyl halides is 3. The van der Waals surface area contributed by atoms with Crippen molar-refractivity contribution in [3.05, 3.63) is 33.8 Å². The Hall–Kier alpha value is -2.25. The number of rotatable bonds is 2. The van der Waals surface area contributed by atoms with Crippen LogP contribution in [0.15, 0.2) is 21.3 Å². The summed E-state index contributed by atoms with van der Waals surface area (Å²) in [6.45, 7) is 1.64. The largest absolute Gasteiger partial charge is 0.460 e. The molecule has 0 bridgehead atoms. The Balaban J connectivity index is 2.57. The summed E-state index contributed by atoms with van der Waals surface area (Å²) >= 11 is 0. The summed E-state index contributed by atoms with van der Waals surface area (Å²) < 4.78 is 46.9. The van der Waals surface area contributed by atoms with Gasteiger partial charge in [0.25, 0.3) is 0 Å². The number of carbonyl (C=O) groups excluding carboxylic acids is 1. The highest BCUT2D eigenvalue weighted by Crippen LogP contribution is 2.28. The maximum Gasteiger partial charge on any atom is 0.431 e. The van der Waals surface area contributed by atoms with Gasteiger partial charge in [-0.1, -0.05) is 0 Å². The van der Waals surface area contributed by atoms with Gasteiger partial charge in [-0.2, -0.15) is 13.2 Å². The summed E-state index contributed by atoms with van der Waals surface area (Å²) in [7, 11) is 0. The van der Waals surface area contributed by atoms with Crippen molar-refractivity contribution in [1.82, 2.24) is 4.98 Å². The molecule has 0 saturated heterocycles. The van der Waals surface area contributed by atoms with Crippen molar-refractivity contribution in [2.24, 2.45) is 0 Å². The van der Waals surface area contributed by atoms with E-state index in [0.29, 0.717) is 6.07 Å². The Morgan fingerprint density at radius 1 is 1.42 bits per heavy atom. The SMILES string of the molecule is CCOC(=O)c1cc2c(=O)cc(C(F)(F)F)[nH]c2o1. The number of ether oxygens (including phenoxy) is 1. The van der Waals surface area contributed by atoms with E-state index in [9.17, 15) is 22.8 Å². The van der Waals surface area contributed by atoms with E-state index < -0.39 is 29.0 Å². The maximum absolute atomic E-state index is 12.5. The van der Waals surface area contributed by atoms with Crippen molar-refractivity contribution in [3.63, 3.8) is 0 Å². The molecule has 5 nitrogen and oxygen atoms in total. The molecule has 0 amide bonds. The molecule has 8 heteroatoms. The third kappa shape index (κ3) is 2.47. The molecule has 102 valence electrons. The van der Waals surface area contributed by atoms with E-state index in [-0.39, 0.29) is 17.8 Å². The van der Waals surface area contributed by atoms with E-state index >= 15 is 0 Å². The normalized spacial score (nSPS) is 11.8. The fourth-order valence-corrected chi connectivity index (χ4v) is 1.49. The first-order valence-corrected chi connectivity index (χ1v) is 5.24. The second-order valence-corrected chi connectivity index (χ2v) is 3.62. The maximum atomic E-state index is 12.5. The second kappa shape index (κ2) is 4.45. The van der Waals surface area contributed by atoms with Gasteiger partial charge in [0, 0.05) is 12.1 Å². The Morgan fingerprint density at radius 2 is 2.11 bits per heavy atom. The molecule has 2 aromatic rings. The first-order valence-electron chi connectivity index (χ1n) is 5.24. The average Bonchev–Trinajstić information content (AvgIpc) is 2.72. The molecule has 0 fully saturated rings. The number of hydrogen-bond acceptors (Lipinski definition) is 4. The summed E-state index contributed by atoms with van der Waals surface area (Å²) in [5.41, 5.74) is -2.54. The predicted molar refractivity (Wildman–Crippen MR) is 57.8 cm³/mol. The van der Waals surface area contributed by atoms with Crippen molar-refractivity contribution in [2.75, 3.05) is 6.61 Å². The fourth-order valence-electron chi connectivity index (χ4n) is 1.49. The molecular formula is C11H8F3NO4. The molecule has 1 N–H and O–H groups in total. The van der Waals surface area contributed by atoms with Crippen LogP contribution in [-0.2, 0) is 10.9 Å². The number of pyridine rings is 1. The molecule has 2 aromatic heterocycles. The zero-order chi connectivity index (χ0) is 14.2. The molecular weight excluding hydrogens is 267 g/mol. The van der Waals surface area contributed by atoms with Crippen molar-refractivity contribution in [2.45, 2.75) is 13.1 Å². The van der Waals surface area contributed by atoms with Crippen LogP contribution in [-0.4, -0.2) is 17.6 Å². The molecule has 0 spiro atoms. The van der Waals surface area contributed by atoms with Crippen LogP contribution in [0.25, 0.3) is 11.1 Å². The molecule has 19 heavy (non-hydrogen) atoms. The van der Waals surface area contributed by atoms with E-state index in [2.05, 4.69) is 4.74 Å². The van der Waals surface area contributed by atoms with Crippen LogP contribution in [0.5, 0.6) is 0 Å². The van der Waals surface area contributed by atoms with Gasteiger partial charge in [-0.15, -0.1) is 0 Å². The van der Waals surface area contributed by atoms with Crippen molar-refractivity contribution in [3.8, 4) is 0 Å². The van der Waals surface area contributed by atoms with Gasteiger partial charge in [0.1, 0.15) is 5.69 Å². The van der Waals surface area contributed by atoms with E-state index in [4.69, 9.17) is 4.42 Å². The average molecular weight is 275 g/mol. The summed E-state index contributed by atoms with van der Waals surface area (Å²) in [5.74, 6) is -1.18. The highest BCUT2D eigenvalue weighted by atomic mass is 19.4. The third-order valence-electron chi connectivity index (χ3n) is 2.30. The molecule has 0 aliphatic heterocycles. The number of carbonyl (C=O) groups is 1. The Labute approximate surface area is 104 Å². The lowest BCUT2D eigenvalue weighted by atomic mass is 10.2. The van der Waals surface area contributed by atoms with Crippen LogP contribution in [0.4, 0.5) is 13.2 Å². The first-order chi connectivity index (χ1) is 8.82. The zero-order valence-corrected chi connectivity index (χ0v) is 9.63. The molecule has 2 heterocycles. The highest BCUT2D eigenvalue weighted by molar-refractivity contribution is 5.91. The van der Waals surface area contributed by atoms with Gasteiger partial charge in [0.15, 0.2) is 5.43 Å². The molecule has 0 aliphatic rings. The number of aromatic nitrogens is 1. The fraction of sp³-hybridized carbons (Fsp3) is 0.273. The third-order valence-corrected chi connectivity index (χ3v) is 2.30. The van der Waals surface area contributed by atoms with Crippen LogP contribution < -0.4 is 5.43 Å². The van der Waals surface area contributed by atoms with E-state index in [1.54, 1.807) is 6.92 Å². The summed E-state index contributed by atoms with van der Waals surface area (Å²) in [4.78, 5) is 24.8. The number of fused-ring (bicyclic) bond motifs is 1. The number of nitrogens with one attached hydrogen (secondary N) is 1. The number of hydrogen-bond donors (Lipinski definition) is 1. The number of halogens is 3. The number of H-pyrrole nitrogens is 1. The second-order valence-electron chi connectivity index (χ2n) is 3.62. The van der Waals surface area contributed by atoms with E-state index in [1.165, 1.54) is 0 Å². The minimum absolute atomic E-state index is 0.0810. The lowest BCUT2D eigenvalue weighted by molar-refractivity contribution is -0.141. The summed E-state index contributed by atoms with van der Waals surface area (Å²) in [6, 6.07) is 1.46. The van der Waals surface area contributed by atoms with Crippen molar-refractivity contribution in [1.29, 1.82) is 0 Å². The monoisotopic (exact) mass is 275 g/mol. The molecule has 0 atom stereocenters. The van der Waals surface area contributed by atoms with Crippen LogP contribution in [0, 0.1) is 0 Å². The smallest absolute Gasteiger partial charge is 0.431 e. The van der Waals surface area contributed by atoms with Gasteiger partial charge in [-0.05, 0) is 6.92 Å². The molecule has 2 rings (SSSR count). The quantitative estimate of drug-likeness (QED) is 0.854. The number of esters is 1. The molecule has 0 saturated carbocycles. The predicted octanol–water partition coefficient (Wildman–Crippen LogP) is 2.32. The standard InChI is InChI=1S/C11H8F3NO4/c1-2-18-10(17)7-3-5-6(16)4-8(11(12,13)14)15-9(5)19-7/h3-4H,2H2,1H3,(H,15,16). The Kier molecular flexibility index (Phi) is 3.09. The van der Waals surface area contributed by atoms with Crippen LogP contribution in [0.2, 0.25) is 0 Å². The first kappa shape index (κ1) is 13.2. The van der Waals surface area contributed by atoms with Gasteiger partial charge in [-0.25, -0.2) is 4.79 Å². The van der Waals surface area contributed by atoms with E-state index in [1.807, 2.05) is 4.98 Å². The minimum Gasteiger partial charge on any atom is -0.460 e. The lowest BCUT2D eigenvalue weighted by Gasteiger charge is -2.04. The topological polar surface area (TPSA) is 72.3 Å². The minimum atomic E-state index is -4.70. The lowest BCUT2D eigenvalue weighted by Crippen LogP contribution is -2.12. The zero-order valence-electron chi connectivity index (χ0n) is 9.63. The van der Waals surface area contributed by atoms with Crippen LogP contribution in [0.3, 0.4) is 0 Å².